The second kappa shape index (κ2) is 6.22. The van der Waals surface area contributed by atoms with E-state index < -0.39 is 23.5 Å². The molecule has 0 saturated carbocycles. The molecular formula is C13H18F2O3. The minimum absolute atomic E-state index is 0.0141. The van der Waals surface area contributed by atoms with Crippen molar-refractivity contribution >= 4 is 0 Å². The number of hydrogen-bond acceptors (Lipinski definition) is 3. The Hall–Kier alpha value is -1.04. The van der Waals surface area contributed by atoms with E-state index in [1.807, 2.05) is 0 Å². The molecule has 1 aromatic carbocycles. The van der Waals surface area contributed by atoms with Crippen molar-refractivity contribution in [2.45, 2.75) is 31.7 Å². The van der Waals surface area contributed by atoms with Crippen LogP contribution in [0.5, 0.6) is 0 Å². The van der Waals surface area contributed by atoms with Crippen molar-refractivity contribution in [3.8, 4) is 0 Å². The van der Waals surface area contributed by atoms with E-state index in [0.29, 0.717) is 0 Å². The van der Waals surface area contributed by atoms with Gasteiger partial charge in [0.1, 0.15) is 11.6 Å². The third kappa shape index (κ3) is 4.33. The van der Waals surface area contributed by atoms with Crippen LogP contribution in [0.2, 0.25) is 0 Å². The van der Waals surface area contributed by atoms with E-state index >= 15 is 0 Å². The van der Waals surface area contributed by atoms with Crippen LogP contribution in [0, 0.1) is 11.6 Å². The first kappa shape index (κ1) is 15.0. The summed E-state index contributed by atoms with van der Waals surface area (Å²) < 4.78 is 36.4. The molecule has 1 aromatic rings. The van der Waals surface area contributed by atoms with Crippen LogP contribution in [0.1, 0.15) is 18.9 Å². The fourth-order valence-corrected chi connectivity index (χ4v) is 1.78. The van der Waals surface area contributed by atoms with Gasteiger partial charge in [0.15, 0.2) is 6.29 Å². The molecule has 5 heteroatoms. The molecule has 0 saturated heterocycles. The zero-order chi connectivity index (χ0) is 13.8. The van der Waals surface area contributed by atoms with Crippen LogP contribution in [-0.4, -0.2) is 31.2 Å². The van der Waals surface area contributed by atoms with Crippen molar-refractivity contribution in [3.05, 3.63) is 35.4 Å². The SMILES string of the molecule is COC(CC(C)(O)Cc1cc(F)ccc1F)OC. The van der Waals surface area contributed by atoms with Crippen LogP contribution >= 0.6 is 0 Å². The van der Waals surface area contributed by atoms with Gasteiger partial charge < -0.3 is 14.6 Å². The average Bonchev–Trinajstić information content (AvgIpc) is 2.30. The highest BCUT2D eigenvalue weighted by atomic mass is 19.1. The lowest BCUT2D eigenvalue weighted by Crippen LogP contribution is -2.34. The minimum atomic E-state index is -1.24. The Kier molecular flexibility index (Phi) is 5.19. The predicted octanol–water partition coefficient (Wildman–Crippen LogP) is 2.27. The van der Waals surface area contributed by atoms with E-state index in [4.69, 9.17) is 9.47 Å². The normalized spacial score (nSPS) is 14.8. The number of hydrogen-bond donors (Lipinski definition) is 1. The fourth-order valence-electron chi connectivity index (χ4n) is 1.78. The maximum Gasteiger partial charge on any atom is 0.159 e. The highest BCUT2D eigenvalue weighted by Gasteiger charge is 2.27. The Morgan fingerprint density at radius 3 is 2.44 bits per heavy atom. The second-order valence-electron chi connectivity index (χ2n) is 4.51. The summed E-state index contributed by atoms with van der Waals surface area (Å²) in [6, 6.07) is 3.17. The quantitative estimate of drug-likeness (QED) is 0.797. The first-order chi connectivity index (χ1) is 8.38. The number of methoxy groups -OCH3 is 2. The zero-order valence-corrected chi connectivity index (χ0v) is 10.7. The first-order valence-corrected chi connectivity index (χ1v) is 5.60. The second-order valence-corrected chi connectivity index (χ2v) is 4.51. The molecule has 0 radical (unpaired) electrons. The highest BCUT2D eigenvalue weighted by Crippen LogP contribution is 2.22. The summed E-state index contributed by atoms with van der Waals surface area (Å²) in [6.45, 7) is 1.53. The van der Waals surface area contributed by atoms with Crippen LogP contribution in [0.4, 0.5) is 8.78 Å². The maximum absolute atomic E-state index is 13.5. The molecule has 0 spiro atoms. The fraction of sp³-hybridized carbons (Fsp3) is 0.538. The smallest absolute Gasteiger partial charge is 0.159 e. The number of benzene rings is 1. The van der Waals surface area contributed by atoms with Gasteiger partial charge in [0.2, 0.25) is 0 Å². The van der Waals surface area contributed by atoms with Gasteiger partial charge in [-0.15, -0.1) is 0 Å². The number of ether oxygens (including phenoxy) is 2. The standard InChI is InChI=1S/C13H18F2O3/c1-13(16,8-12(17-2)18-3)7-9-6-10(14)4-5-11(9)15/h4-6,12,16H,7-8H2,1-3H3. The van der Waals surface area contributed by atoms with Gasteiger partial charge in [0, 0.05) is 27.1 Å². The summed E-state index contributed by atoms with van der Waals surface area (Å²) in [4.78, 5) is 0. The molecule has 1 N–H and O–H groups in total. The first-order valence-electron chi connectivity index (χ1n) is 5.60. The van der Waals surface area contributed by atoms with Crippen molar-refractivity contribution in [2.75, 3.05) is 14.2 Å². The van der Waals surface area contributed by atoms with Gasteiger partial charge in [0.05, 0.1) is 5.60 Å². The molecule has 1 rings (SSSR count). The lowest BCUT2D eigenvalue weighted by Gasteiger charge is -2.27. The minimum Gasteiger partial charge on any atom is -0.390 e. The van der Waals surface area contributed by atoms with E-state index in [9.17, 15) is 13.9 Å². The summed E-state index contributed by atoms with van der Waals surface area (Å²) in [5.74, 6) is -1.07. The monoisotopic (exact) mass is 260 g/mol. The maximum atomic E-state index is 13.5. The van der Waals surface area contributed by atoms with Gasteiger partial charge in [-0.2, -0.15) is 0 Å². The van der Waals surface area contributed by atoms with Gasteiger partial charge in [-0.25, -0.2) is 8.78 Å². The van der Waals surface area contributed by atoms with E-state index in [2.05, 4.69) is 0 Å². The molecule has 0 aliphatic rings. The summed E-state index contributed by atoms with van der Waals surface area (Å²) in [6.07, 6.45) is -0.438. The molecule has 0 amide bonds. The van der Waals surface area contributed by atoms with Crippen LogP contribution in [0.15, 0.2) is 18.2 Å². The molecule has 0 aliphatic heterocycles. The third-order valence-electron chi connectivity index (χ3n) is 2.71. The average molecular weight is 260 g/mol. The molecule has 0 heterocycles. The van der Waals surface area contributed by atoms with Crippen LogP contribution in [-0.2, 0) is 15.9 Å². The molecule has 102 valence electrons. The van der Waals surface area contributed by atoms with Gasteiger partial charge >= 0.3 is 0 Å². The summed E-state index contributed by atoms with van der Waals surface area (Å²) in [7, 11) is 2.90. The van der Waals surface area contributed by atoms with E-state index in [0.717, 1.165) is 18.2 Å². The molecule has 0 aromatic heterocycles. The van der Waals surface area contributed by atoms with Crippen molar-refractivity contribution in [2.24, 2.45) is 0 Å². The highest BCUT2D eigenvalue weighted by molar-refractivity contribution is 5.20. The molecule has 0 fully saturated rings. The Bertz CT molecular complexity index is 390. The van der Waals surface area contributed by atoms with E-state index in [-0.39, 0.29) is 18.4 Å². The molecular weight excluding hydrogens is 242 g/mol. The molecule has 1 unspecified atom stereocenters. The van der Waals surface area contributed by atoms with Crippen LogP contribution < -0.4 is 0 Å². The third-order valence-corrected chi connectivity index (χ3v) is 2.71. The Balaban J connectivity index is 2.78. The van der Waals surface area contributed by atoms with E-state index in [1.165, 1.54) is 21.1 Å². The molecule has 3 nitrogen and oxygen atoms in total. The Morgan fingerprint density at radius 2 is 1.89 bits per heavy atom. The lowest BCUT2D eigenvalue weighted by atomic mass is 9.92. The zero-order valence-electron chi connectivity index (χ0n) is 10.7. The van der Waals surface area contributed by atoms with Crippen molar-refractivity contribution < 1.29 is 23.4 Å². The molecule has 0 aliphatic carbocycles. The topological polar surface area (TPSA) is 38.7 Å². The lowest BCUT2D eigenvalue weighted by molar-refractivity contribution is -0.139. The number of halogens is 2. The Morgan fingerprint density at radius 1 is 1.28 bits per heavy atom. The van der Waals surface area contributed by atoms with Gasteiger partial charge in [-0.05, 0) is 30.7 Å². The predicted molar refractivity (Wildman–Crippen MR) is 63.1 cm³/mol. The number of aliphatic hydroxyl groups is 1. The van der Waals surface area contributed by atoms with Crippen LogP contribution in [0.25, 0.3) is 0 Å². The van der Waals surface area contributed by atoms with Crippen molar-refractivity contribution in [3.63, 3.8) is 0 Å². The van der Waals surface area contributed by atoms with Gasteiger partial charge in [0.25, 0.3) is 0 Å². The van der Waals surface area contributed by atoms with Gasteiger partial charge in [-0.3, -0.25) is 0 Å². The van der Waals surface area contributed by atoms with Gasteiger partial charge in [-0.1, -0.05) is 0 Å². The molecule has 18 heavy (non-hydrogen) atoms. The van der Waals surface area contributed by atoms with Crippen LogP contribution in [0.3, 0.4) is 0 Å². The van der Waals surface area contributed by atoms with E-state index in [1.54, 1.807) is 0 Å². The molecule has 0 bridgehead atoms. The van der Waals surface area contributed by atoms with Crippen molar-refractivity contribution in [1.29, 1.82) is 0 Å². The summed E-state index contributed by atoms with van der Waals surface area (Å²) in [5, 5.41) is 10.2. The Labute approximate surface area is 105 Å². The summed E-state index contributed by atoms with van der Waals surface area (Å²) >= 11 is 0. The molecule has 1 atom stereocenters. The largest absolute Gasteiger partial charge is 0.390 e. The summed E-state index contributed by atoms with van der Waals surface area (Å²) in [5.41, 5.74) is -1.11. The van der Waals surface area contributed by atoms with Crippen molar-refractivity contribution in [1.82, 2.24) is 0 Å². The number of rotatable bonds is 6.